The number of ether oxygens (including phenoxy) is 1. The number of esters is 1. The van der Waals surface area contributed by atoms with E-state index in [1.807, 2.05) is 13.8 Å². The molecule has 0 aromatic carbocycles. The van der Waals surface area contributed by atoms with Crippen molar-refractivity contribution in [2.24, 2.45) is 0 Å². The summed E-state index contributed by atoms with van der Waals surface area (Å²) in [4.78, 5) is 29.2. The minimum absolute atomic E-state index is 0.0124. The molecule has 0 spiro atoms. The fraction of sp³-hybridized carbons (Fsp3) is 0.667. The summed E-state index contributed by atoms with van der Waals surface area (Å²) in [5.74, 6) is -1.01. The first-order valence-electron chi connectivity index (χ1n) is 7.83. The van der Waals surface area contributed by atoms with Gasteiger partial charge in [-0.05, 0) is 26.2 Å². The molecule has 1 aliphatic heterocycles. The molecular formula is C15H22N2O6S. The molecule has 2 rings (SSSR count). The van der Waals surface area contributed by atoms with E-state index in [9.17, 15) is 18.0 Å². The number of nitrogens with zero attached hydrogens (tertiary/aromatic N) is 2. The molecule has 1 aromatic rings. The molecule has 0 radical (unpaired) electrons. The maximum Gasteiger partial charge on any atom is 0.360 e. The summed E-state index contributed by atoms with van der Waals surface area (Å²) in [7, 11) is -2.86. The van der Waals surface area contributed by atoms with Crippen LogP contribution in [0.15, 0.2) is 4.79 Å². The van der Waals surface area contributed by atoms with Crippen LogP contribution in [0.3, 0.4) is 0 Å². The van der Waals surface area contributed by atoms with Gasteiger partial charge in [0.2, 0.25) is 5.75 Å². The van der Waals surface area contributed by atoms with Gasteiger partial charge >= 0.3 is 16.1 Å². The number of fused-ring (bicyclic) bond motifs is 1. The van der Waals surface area contributed by atoms with Gasteiger partial charge in [0.05, 0.1) is 13.4 Å². The summed E-state index contributed by atoms with van der Waals surface area (Å²) in [5.41, 5.74) is -1.06. The molecule has 0 aliphatic carbocycles. The average Bonchev–Trinajstić information content (AvgIpc) is 2.66. The average molecular weight is 358 g/mol. The smallest absolute Gasteiger partial charge is 0.360 e. The zero-order chi connectivity index (χ0) is 18.1. The maximum absolute atomic E-state index is 12.9. The normalized spacial score (nSPS) is 20.8. The lowest BCUT2D eigenvalue weighted by molar-refractivity contribution is 0.0590. The molecule has 134 valence electrons. The predicted molar refractivity (Wildman–Crippen MR) is 86.9 cm³/mol. The van der Waals surface area contributed by atoms with Crippen molar-refractivity contribution >= 4 is 16.1 Å². The second-order valence-corrected chi connectivity index (χ2v) is 7.56. The van der Waals surface area contributed by atoms with E-state index in [-0.39, 0.29) is 12.0 Å². The predicted octanol–water partition coefficient (Wildman–Crippen LogP) is 1.61. The molecule has 8 nitrogen and oxygen atoms in total. The maximum atomic E-state index is 12.9. The van der Waals surface area contributed by atoms with Gasteiger partial charge in [0.15, 0.2) is 5.69 Å². The van der Waals surface area contributed by atoms with E-state index in [4.69, 9.17) is 4.18 Å². The molecule has 0 bridgehead atoms. The molecule has 2 heterocycles. The van der Waals surface area contributed by atoms with Gasteiger partial charge < -0.3 is 8.92 Å². The highest BCUT2D eigenvalue weighted by Crippen LogP contribution is 2.32. The van der Waals surface area contributed by atoms with Crippen LogP contribution >= 0.6 is 0 Å². The third kappa shape index (κ3) is 3.61. The van der Waals surface area contributed by atoms with Crippen LogP contribution in [-0.2, 0) is 14.9 Å². The van der Waals surface area contributed by atoms with Crippen LogP contribution in [0.1, 0.15) is 67.8 Å². The van der Waals surface area contributed by atoms with Crippen LogP contribution in [-0.4, -0.2) is 37.3 Å². The first-order valence-corrected chi connectivity index (χ1v) is 9.65. The Bertz CT molecular complexity index is 799. The van der Waals surface area contributed by atoms with Crippen LogP contribution in [0.4, 0.5) is 0 Å². The molecular weight excluding hydrogens is 336 g/mol. The van der Waals surface area contributed by atoms with Crippen molar-refractivity contribution in [3.05, 3.63) is 21.9 Å². The van der Waals surface area contributed by atoms with Gasteiger partial charge in [0.25, 0.3) is 5.56 Å². The summed E-state index contributed by atoms with van der Waals surface area (Å²) in [5, 5.41) is 0. The van der Waals surface area contributed by atoms with E-state index in [0.717, 1.165) is 39.0 Å². The van der Waals surface area contributed by atoms with Crippen molar-refractivity contribution in [1.82, 2.24) is 9.55 Å². The van der Waals surface area contributed by atoms with Crippen LogP contribution in [0, 0.1) is 0 Å². The molecule has 9 heteroatoms. The van der Waals surface area contributed by atoms with Crippen molar-refractivity contribution in [2.75, 3.05) is 13.4 Å². The zero-order valence-electron chi connectivity index (χ0n) is 14.2. The van der Waals surface area contributed by atoms with Crippen LogP contribution in [0.2, 0.25) is 0 Å². The molecule has 24 heavy (non-hydrogen) atoms. The number of hydrogen-bond donors (Lipinski definition) is 0. The topological polar surface area (TPSA) is 105 Å². The summed E-state index contributed by atoms with van der Waals surface area (Å²) in [6.45, 7) is 3.85. The van der Waals surface area contributed by atoms with E-state index in [2.05, 4.69) is 9.72 Å². The number of carbonyl (C=O) groups is 1. The second-order valence-electron chi connectivity index (χ2n) is 5.99. The van der Waals surface area contributed by atoms with E-state index in [0.29, 0.717) is 5.82 Å². The molecule has 1 aliphatic rings. The Balaban J connectivity index is 2.81. The molecule has 2 atom stereocenters. The molecule has 0 fully saturated rings. The fourth-order valence-electron chi connectivity index (χ4n) is 3.01. The Kier molecular flexibility index (Phi) is 5.32. The van der Waals surface area contributed by atoms with Gasteiger partial charge in [-0.1, -0.05) is 13.3 Å². The zero-order valence-corrected chi connectivity index (χ0v) is 15.1. The van der Waals surface area contributed by atoms with Gasteiger partial charge in [-0.3, -0.25) is 9.36 Å². The molecule has 0 amide bonds. The quantitative estimate of drug-likeness (QED) is 0.595. The Morgan fingerprint density at radius 1 is 1.38 bits per heavy atom. The summed E-state index contributed by atoms with van der Waals surface area (Å²) >= 11 is 0. The van der Waals surface area contributed by atoms with Crippen molar-refractivity contribution in [3.8, 4) is 5.75 Å². The Morgan fingerprint density at radius 3 is 2.58 bits per heavy atom. The lowest BCUT2D eigenvalue weighted by atomic mass is 9.99. The summed E-state index contributed by atoms with van der Waals surface area (Å²) in [6, 6.07) is -0.162. The number of aromatic nitrogens is 2. The van der Waals surface area contributed by atoms with Crippen molar-refractivity contribution in [2.45, 2.75) is 51.5 Å². The summed E-state index contributed by atoms with van der Waals surface area (Å²) < 4.78 is 33.9. The monoisotopic (exact) mass is 358 g/mol. The standard InChI is InChI=1S/C15H22N2O6S/c1-5-10-8-6-7-9(2)17-13(10)16-11(15(19)22-3)12(14(17)18)23-24(4,20)21/h9-10H,5-8H2,1-4H3/t9-,10-/m0/s1. The van der Waals surface area contributed by atoms with Crippen molar-refractivity contribution < 1.29 is 22.1 Å². The third-order valence-corrected chi connectivity index (χ3v) is 4.66. The highest BCUT2D eigenvalue weighted by molar-refractivity contribution is 7.86. The van der Waals surface area contributed by atoms with Gasteiger partial charge in [-0.15, -0.1) is 0 Å². The van der Waals surface area contributed by atoms with E-state index >= 15 is 0 Å². The number of rotatable bonds is 4. The van der Waals surface area contributed by atoms with E-state index in [1.54, 1.807) is 0 Å². The van der Waals surface area contributed by atoms with Gasteiger partial charge in [0, 0.05) is 12.0 Å². The largest absolute Gasteiger partial charge is 0.464 e. The highest BCUT2D eigenvalue weighted by Gasteiger charge is 2.31. The van der Waals surface area contributed by atoms with Gasteiger partial charge in [-0.2, -0.15) is 8.42 Å². The molecule has 0 saturated heterocycles. The number of methoxy groups -OCH3 is 1. The van der Waals surface area contributed by atoms with Crippen molar-refractivity contribution in [3.63, 3.8) is 0 Å². The third-order valence-electron chi connectivity index (χ3n) is 4.19. The lowest BCUT2D eigenvalue weighted by Gasteiger charge is -2.21. The first kappa shape index (κ1) is 18.4. The van der Waals surface area contributed by atoms with E-state index < -0.39 is 33.1 Å². The minimum Gasteiger partial charge on any atom is -0.464 e. The van der Waals surface area contributed by atoms with Crippen LogP contribution in [0.5, 0.6) is 5.75 Å². The molecule has 0 saturated carbocycles. The number of carbonyl (C=O) groups excluding carboxylic acids is 1. The Morgan fingerprint density at radius 2 is 2.04 bits per heavy atom. The SMILES string of the molecule is CC[C@H]1CCC[C@H](C)n2c1nc(C(=O)OC)c(OS(C)(=O)=O)c2=O. The van der Waals surface area contributed by atoms with Crippen LogP contribution in [0.25, 0.3) is 0 Å². The lowest BCUT2D eigenvalue weighted by Crippen LogP contribution is -2.32. The van der Waals surface area contributed by atoms with E-state index in [1.165, 1.54) is 4.57 Å². The molecule has 1 aromatic heterocycles. The Labute approximate surface area is 140 Å². The molecule has 0 unspecified atom stereocenters. The van der Waals surface area contributed by atoms with Gasteiger partial charge in [-0.25, -0.2) is 9.78 Å². The van der Waals surface area contributed by atoms with Gasteiger partial charge in [0.1, 0.15) is 5.82 Å². The first-order chi connectivity index (χ1) is 11.2. The number of hydrogen-bond acceptors (Lipinski definition) is 7. The van der Waals surface area contributed by atoms with Crippen molar-refractivity contribution in [1.29, 1.82) is 0 Å². The second kappa shape index (κ2) is 6.92. The molecule has 0 N–H and O–H groups in total. The summed E-state index contributed by atoms with van der Waals surface area (Å²) in [6.07, 6.45) is 4.09. The fourth-order valence-corrected chi connectivity index (χ4v) is 3.47. The van der Waals surface area contributed by atoms with Crippen LogP contribution < -0.4 is 9.74 Å². The highest BCUT2D eigenvalue weighted by atomic mass is 32.2. The minimum atomic E-state index is -4.00. The Hall–Kier alpha value is -1.90.